The minimum absolute atomic E-state index is 0.113. The van der Waals surface area contributed by atoms with Crippen LogP contribution in [0.3, 0.4) is 0 Å². The maximum absolute atomic E-state index is 12.6. The van der Waals surface area contributed by atoms with Crippen LogP contribution in [0.15, 0.2) is 54.6 Å². The number of aromatic hydroxyl groups is 1. The van der Waals surface area contributed by atoms with E-state index in [0.717, 1.165) is 59.3 Å². The Morgan fingerprint density at radius 2 is 1.27 bits per heavy atom. The molecule has 40 heavy (non-hydrogen) atoms. The zero-order valence-corrected chi connectivity index (χ0v) is 25.7. The summed E-state index contributed by atoms with van der Waals surface area (Å²) in [4.78, 5) is 31.0. The van der Waals surface area contributed by atoms with Gasteiger partial charge in [0, 0.05) is 54.2 Å². The Balaban J connectivity index is 1.93. The van der Waals surface area contributed by atoms with Gasteiger partial charge in [-0.3, -0.25) is 4.57 Å². The maximum atomic E-state index is 12.6. The van der Waals surface area contributed by atoms with Crippen LogP contribution < -0.4 is 15.1 Å². The molecule has 0 spiro atoms. The third kappa shape index (κ3) is 5.81. The highest BCUT2D eigenvalue weighted by Gasteiger charge is 2.30. The number of aromatic nitrogens is 1. The van der Waals surface area contributed by atoms with Gasteiger partial charge in [-0.15, -0.1) is 11.3 Å². The number of nitrogens with zero attached hydrogens (tertiary/aromatic N) is 3. The molecule has 1 aromatic heterocycles. The fourth-order valence-corrected chi connectivity index (χ4v) is 7.38. The van der Waals surface area contributed by atoms with Crippen LogP contribution in [0.25, 0.3) is 32.3 Å². The van der Waals surface area contributed by atoms with Gasteiger partial charge in [-0.25, -0.2) is 4.98 Å². The van der Waals surface area contributed by atoms with E-state index in [0.29, 0.717) is 16.1 Å². The first-order valence-electron chi connectivity index (χ1n) is 13.6. The molecule has 0 aliphatic rings. The fourth-order valence-electron chi connectivity index (χ4n) is 5.16. The molecule has 0 radical (unpaired) electrons. The first kappa shape index (κ1) is 29.8. The summed E-state index contributed by atoms with van der Waals surface area (Å²) in [5, 5.41) is 10.8. The summed E-state index contributed by atoms with van der Waals surface area (Å²) in [5.41, 5.74) is 5.97. The number of rotatable bonds is 10. The Hall–Kier alpha value is -3.16. The first-order chi connectivity index (χ1) is 19.0. The van der Waals surface area contributed by atoms with Crippen molar-refractivity contribution in [3.63, 3.8) is 0 Å². The number of phenolic OH excluding ortho intramolecular Hbond substituents is 1. The summed E-state index contributed by atoms with van der Waals surface area (Å²) in [6, 6.07) is 18.3. The molecule has 3 aromatic carbocycles. The van der Waals surface area contributed by atoms with Gasteiger partial charge in [0.05, 0.1) is 15.9 Å². The molecule has 0 aliphatic heterocycles. The number of benzene rings is 3. The third-order valence-corrected chi connectivity index (χ3v) is 9.67. The van der Waals surface area contributed by atoms with Crippen molar-refractivity contribution in [3.8, 4) is 38.0 Å². The molecule has 1 heterocycles. The lowest BCUT2D eigenvalue weighted by Gasteiger charge is -2.21. The van der Waals surface area contributed by atoms with Gasteiger partial charge in [0.1, 0.15) is 10.8 Å². The summed E-state index contributed by atoms with van der Waals surface area (Å²) in [6.45, 7) is 15.4. The van der Waals surface area contributed by atoms with Gasteiger partial charge < -0.3 is 24.7 Å². The van der Waals surface area contributed by atoms with Crippen LogP contribution in [0.5, 0.6) is 5.75 Å². The Kier molecular flexibility index (Phi) is 9.06. The maximum Gasteiger partial charge on any atom is 0.357 e. The lowest BCUT2D eigenvalue weighted by atomic mass is 10.0. The summed E-state index contributed by atoms with van der Waals surface area (Å²) in [6.07, 6.45) is 0. The van der Waals surface area contributed by atoms with Crippen LogP contribution in [0.2, 0.25) is 0 Å². The van der Waals surface area contributed by atoms with E-state index in [1.165, 1.54) is 18.3 Å². The second-order valence-corrected chi connectivity index (χ2v) is 12.3. The summed E-state index contributed by atoms with van der Waals surface area (Å²) in [5.74, 6) is -0.113. The summed E-state index contributed by atoms with van der Waals surface area (Å²) < 4.78 is 12.6. The second-order valence-electron chi connectivity index (χ2n) is 9.74. The quantitative estimate of drug-likeness (QED) is 0.175. The molecule has 7 nitrogen and oxygen atoms in total. The van der Waals surface area contributed by atoms with Gasteiger partial charge in [-0.05, 0) is 83.0 Å². The minimum atomic E-state index is -4.71. The van der Waals surface area contributed by atoms with Crippen molar-refractivity contribution < 1.29 is 19.5 Å². The minimum Gasteiger partial charge on any atom is -0.507 e. The number of hydrogen-bond acceptors (Lipinski definition) is 6. The molecule has 0 bridgehead atoms. The molecular formula is C31H38N3O4PS. The highest BCUT2D eigenvalue weighted by atomic mass is 32.1. The van der Waals surface area contributed by atoms with E-state index in [2.05, 4.69) is 86.0 Å². The topological polar surface area (TPSA) is 97.1 Å². The van der Waals surface area contributed by atoms with Gasteiger partial charge in [0.25, 0.3) is 0 Å². The number of anilines is 2. The second kappa shape index (κ2) is 12.1. The van der Waals surface area contributed by atoms with Gasteiger partial charge in [0.2, 0.25) is 0 Å². The zero-order valence-electron chi connectivity index (χ0n) is 24.0. The molecule has 0 unspecified atom stereocenters. The van der Waals surface area contributed by atoms with Crippen molar-refractivity contribution in [2.45, 2.75) is 41.5 Å². The van der Waals surface area contributed by atoms with E-state index in [-0.39, 0.29) is 16.6 Å². The molecule has 4 aromatic rings. The molecule has 0 saturated carbocycles. The van der Waals surface area contributed by atoms with E-state index in [1.807, 2.05) is 0 Å². The molecule has 9 heteroatoms. The molecule has 212 valence electrons. The Morgan fingerprint density at radius 3 is 1.73 bits per heavy atom. The number of phenols is 1. The van der Waals surface area contributed by atoms with Crippen molar-refractivity contribution >= 4 is 35.6 Å². The first-order valence-corrected chi connectivity index (χ1v) is 16.1. The smallest absolute Gasteiger partial charge is 0.357 e. The third-order valence-electron chi connectivity index (χ3n) is 7.38. The van der Waals surface area contributed by atoms with Crippen LogP contribution >= 0.6 is 18.9 Å². The Morgan fingerprint density at radius 1 is 0.800 bits per heavy atom. The molecule has 0 fully saturated rings. The van der Waals surface area contributed by atoms with Crippen molar-refractivity contribution in [1.29, 1.82) is 0 Å². The largest absolute Gasteiger partial charge is 0.507 e. The van der Waals surface area contributed by atoms with Gasteiger partial charge in [-0.2, -0.15) is 0 Å². The molecular weight excluding hydrogens is 541 g/mol. The number of aryl methyl sites for hydroxylation is 1. The molecule has 0 atom stereocenters. The van der Waals surface area contributed by atoms with Crippen molar-refractivity contribution in [2.24, 2.45) is 0 Å². The molecule has 3 N–H and O–H groups in total. The van der Waals surface area contributed by atoms with Gasteiger partial charge >= 0.3 is 7.60 Å². The van der Waals surface area contributed by atoms with E-state index in [9.17, 15) is 19.5 Å². The van der Waals surface area contributed by atoms with Gasteiger partial charge in [0.15, 0.2) is 0 Å². The van der Waals surface area contributed by atoms with Crippen molar-refractivity contribution in [3.05, 3.63) is 65.7 Å². The van der Waals surface area contributed by atoms with E-state index >= 15 is 0 Å². The Bertz CT molecular complexity index is 1450. The summed E-state index contributed by atoms with van der Waals surface area (Å²) in [7, 11) is -4.71. The Labute approximate surface area is 240 Å². The fraction of sp³-hybridized carbons (Fsp3) is 0.323. The lowest BCUT2D eigenvalue weighted by molar-refractivity contribution is 0.386. The molecule has 0 saturated heterocycles. The van der Waals surface area contributed by atoms with Crippen LogP contribution in [0, 0.1) is 13.8 Å². The highest BCUT2D eigenvalue weighted by Crippen LogP contribution is 2.46. The highest BCUT2D eigenvalue weighted by molar-refractivity contribution is 7.60. The van der Waals surface area contributed by atoms with E-state index in [4.69, 9.17) is 4.98 Å². The summed E-state index contributed by atoms with van der Waals surface area (Å²) >= 11 is 1.40. The molecule has 4 rings (SSSR count). The van der Waals surface area contributed by atoms with Crippen LogP contribution in [-0.2, 0) is 4.57 Å². The van der Waals surface area contributed by atoms with Gasteiger partial charge in [-0.1, -0.05) is 24.3 Å². The monoisotopic (exact) mass is 579 g/mol. The predicted octanol–water partition coefficient (Wildman–Crippen LogP) is 6.96. The zero-order chi connectivity index (χ0) is 29.2. The lowest BCUT2D eigenvalue weighted by Crippen LogP contribution is -2.21. The molecule has 0 aliphatic carbocycles. The molecule has 0 amide bonds. The normalized spacial score (nSPS) is 11.6. The SMILES string of the molecule is CCN(CC)c1ccc(-c2nc(-c3cc(C)c(O)c(C)c3P(=O)(O)O)sc2-c2ccc(N(CC)CC)cc2)cc1. The average molecular weight is 580 g/mol. The van der Waals surface area contributed by atoms with Crippen molar-refractivity contribution in [1.82, 2.24) is 4.98 Å². The van der Waals surface area contributed by atoms with Crippen LogP contribution in [-0.4, -0.2) is 46.1 Å². The predicted molar refractivity (Wildman–Crippen MR) is 168 cm³/mol. The van der Waals surface area contributed by atoms with Crippen LogP contribution in [0.1, 0.15) is 38.8 Å². The van der Waals surface area contributed by atoms with E-state index < -0.39 is 7.60 Å². The number of hydrogen-bond donors (Lipinski definition) is 3. The number of thiazole rings is 1. The van der Waals surface area contributed by atoms with Crippen molar-refractivity contribution in [2.75, 3.05) is 36.0 Å². The average Bonchev–Trinajstić information content (AvgIpc) is 3.38. The van der Waals surface area contributed by atoms with E-state index in [1.54, 1.807) is 13.0 Å². The standard InChI is InChI=1S/C31H38N3O4PS/c1-7-33(8-2)24-15-11-22(12-16-24)27-30(23-13-17-25(18-14-23)34(9-3)10-4)40-31(32-27)26-19-20(5)28(35)21(6)29(26)39(36,37)38/h11-19,35H,7-10H2,1-6H3,(H2,36,37,38). The van der Waals surface area contributed by atoms with Crippen LogP contribution in [0.4, 0.5) is 11.4 Å².